The lowest BCUT2D eigenvalue weighted by atomic mass is 10.2. The van der Waals surface area contributed by atoms with Gasteiger partial charge in [-0.3, -0.25) is 4.79 Å². The third kappa shape index (κ3) is 4.16. The van der Waals surface area contributed by atoms with Crippen LogP contribution < -0.4 is 19.5 Å². The lowest BCUT2D eigenvalue weighted by Crippen LogP contribution is -2.12. The highest BCUT2D eigenvalue weighted by Gasteiger charge is 2.13. The Bertz CT molecular complexity index is 678. The molecule has 0 unspecified atom stereocenters. The van der Waals surface area contributed by atoms with E-state index in [0.29, 0.717) is 39.6 Å². The van der Waals surface area contributed by atoms with Gasteiger partial charge in [0, 0.05) is 23.4 Å². The first-order valence-electron chi connectivity index (χ1n) is 7.04. The van der Waals surface area contributed by atoms with Crippen LogP contribution >= 0.6 is 15.9 Å². The predicted molar refractivity (Wildman–Crippen MR) is 92.8 cm³/mol. The number of rotatable bonds is 6. The smallest absolute Gasteiger partial charge is 0.255 e. The zero-order valence-electron chi connectivity index (χ0n) is 13.2. The number of hydrogen-bond donors (Lipinski definition) is 1. The second-order valence-corrected chi connectivity index (χ2v) is 5.40. The highest BCUT2D eigenvalue weighted by atomic mass is 79.9. The predicted octanol–water partition coefficient (Wildman–Crippen LogP) is 4.12. The van der Waals surface area contributed by atoms with Gasteiger partial charge in [0.05, 0.1) is 20.8 Å². The van der Waals surface area contributed by atoms with E-state index < -0.39 is 0 Å². The molecule has 0 spiro atoms. The molecule has 0 fully saturated rings. The Morgan fingerprint density at radius 1 is 1.13 bits per heavy atom. The Labute approximate surface area is 143 Å². The molecule has 1 N–H and O–H groups in total. The average Bonchev–Trinajstić information content (AvgIpc) is 2.56. The van der Waals surface area contributed by atoms with E-state index in [0.717, 1.165) is 0 Å². The Hall–Kier alpha value is -2.21. The van der Waals surface area contributed by atoms with Crippen LogP contribution in [0.15, 0.2) is 40.9 Å². The molecule has 0 heterocycles. The van der Waals surface area contributed by atoms with Crippen molar-refractivity contribution in [3.63, 3.8) is 0 Å². The van der Waals surface area contributed by atoms with Crippen LogP contribution in [0.5, 0.6) is 17.2 Å². The fraction of sp³-hybridized carbons (Fsp3) is 0.235. The van der Waals surface area contributed by atoms with Gasteiger partial charge >= 0.3 is 0 Å². The van der Waals surface area contributed by atoms with Gasteiger partial charge in [-0.25, -0.2) is 0 Å². The summed E-state index contributed by atoms with van der Waals surface area (Å²) in [5, 5.41) is 2.83. The number of carbonyl (C=O) groups is 1. The second kappa shape index (κ2) is 7.87. The maximum atomic E-state index is 12.4. The van der Waals surface area contributed by atoms with E-state index in [-0.39, 0.29) is 5.91 Å². The van der Waals surface area contributed by atoms with Gasteiger partial charge in [0.2, 0.25) is 0 Å². The van der Waals surface area contributed by atoms with Gasteiger partial charge in [-0.2, -0.15) is 0 Å². The maximum absolute atomic E-state index is 12.4. The van der Waals surface area contributed by atoms with E-state index in [4.69, 9.17) is 14.2 Å². The van der Waals surface area contributed by atoms with E-state index in [9.17, 15) is 4.79 Å². The largest absolute Gasteiger partial charge is 0.495 e. The average molecular weight is 380 g/mol. The van der Waals surface area contributed by atoms with Crippen molar-refractivity contribution in [1.82, 2.24) is 0 Å². The van der Waals surface area contributed by atoms with Crippen LogP contribution in [0, 0.1) is 0 Å². The quantitative estimate of drug-likeness (QED) is 0.819. The summed E-state index contributed by atoms with van der Waals surface area (Å²) in [5.74, 6) is 1.56. The van der Waals surface area contributed by atoms with Crippen LogP contribution in [0.3, 0.4) is 0 Å². The van der Waals surface area contributed by atoms with Crippen molar-refractivity contribution < 1.29 is 19.0 Å². The van der Waals surface area contributed by atoms with E-state index in [1.165, 1.54) is 0 Å². The molecule has 1 amide bonds. The lowest BCUT2D eigenvalue weighted by molar-refractivity contribution is 0.102. The fourth-order valence-corrected chi connectivity index (χ4v) is 2.59. The second-order valence-electron chi connectivity index (χ2n) is 4.61. The molecule has 5 nitrogen and oxygen atoms in total. The van der Waals surface area contributed by atoms with E-state index >= 15 is 0 Å². The molecule has 2 aromatic carbocycles. The van der Waals surface area contributed by atoms with Crippen LogP contribution in [0.25, 0.3) is 0 Å². The summed E-state index contributed by atoms with van der Waals surface area (Å²) < 4.78 is 16.6. The standard InChI is InChI=1S/C17H18BrNO4/c1-4-23-13-7-5-6-11(8-13)17(20)19-12-9-14(21-2)16(18)15(10-12)22-3/h5-10H,4H2,1-3H3,(H,19,20). The first-order chi connectivity index (χ1) is 11.1. The molecule has 0 bridgehead atoms. The molecule has 6 heteroatoms. The highest BCUT2D eigenvalue weighted by molar-refractivity contribution is 9.10. The molecule has 23 heavy (non-hydrogen) atoms. The Kier molecular flexibility index (Phi) is 5.87. The molecule has 0 aliphatic carbocycles. The molecule has 2 rings (SSSR count). The van der Waals surface area contributed by atoms with Gasteiger partial charge in [-0.15, -0.1) is 0 Å². The third-order valence-electron chi connectivity index (χ3n) is 3.11. The molecular formula is C17H18BrNO4. The summed E-state index contributed by atoms with van der Waals surface area (Å²) in [6.45, 7) is 2.44. The number of carbonyl (C=O) groups excluding carboxylic acids is 1. The van der Waals surface area contributed by atoms with Crippen molar-refractivity contribution in [2.45, 2.75) is 6.92 Å². The normalized spacial score (nSPS) is 10.1. The zero-order valence-corrected chi connectivity index (χ0v) is 14.8. The Balaban J connectivity index is 2.24. The maximum Gasteiger partial charge on any atom is 0.255 e. The summed E-state index contributed by atoms with van der Waals surface area (Å²) >= 11 is 3.39. The summed E-state index contributed by atoms with van der Waals surface area (Å²) in [7, 11) is 3.10. The molecule has 0 saturated heterocycles. The minimum absolute atomic E-state index is 0.238. The van der Waals surface area contributed by atoms with Crippen molar-refractivity contribution in [2.24, 2.45) is 0 Å². The van der Waals surface area contributed by atoms with Crippen molar-refractivity contribution in [3.05, 3.63) is 46.4 Å². The number of amides is 1. The Morgan fingerprint density at radius 2 is 1.78 bits per heavy atom. The molecule has 0 atom stereocenters. The van der Waals surface area contributed by atoms with Crippen molar-refractivity contribution in [3.8, 4) is 17.2 Å². The number of nitrogens with one attached hydrogen (secondary N) is 1. The van der Waals surface area contributed by atoms with Gasteiger partial charge in [0.1, 0.15) is 21.7 Å². The molecule has 122 valence electrons. The van der Waals surface area contributed by atoms with Crippen LogP contribution in [-0.4, -0.2) is 26.7 Å². The molecule has 0 aromatic heterocycles. The summed E-state index contributed by atoms with van der Waals surface area (Å²) in [4.78, 5) is 12.4. The van der Waals surface area contributed by atoms with Crippen LogP contribution in [0.4, 0.5) is 5.69 Å². The first-order valence-corrected chi connectivity index (χ1v) is 7.84. The monoisotopic (exact) mass is 379 g/mol. The number of ether oxygens (including phenoxy) is 3. The molecule has 0 aliphatic rings. The van der Waals surface area contributed by atoms with E-state index in [1.54, 1.807) is 44.6 Å². The molecule has 0 radical (unpaired) electrons. The molecule has 2 aromatic rings. The van der Waals surface area contributed by atoms with Gasteiger partial charge in [0.25, 0.3) is 5.91 Å². The minimum atomic E-state index is -0.238. The van der Waals surface area contributed by atoms with Crippen LogP contribution in [0.2, 0.25) is 0 Å². The van der Waals surface area contributed by atoms with Gasteiger partial charge < -0.3 is 19.5 Å². The van der Waals surface area contributed by atoms with Crippen LogP contribution in [-0.2, 0) is 0 Å². The SMILES string of the molecule is CCOc1cccc(C(=O)Nc2cc(OC)c(Br)c(OC)c2)c1. The fourth-order valence-electron chi connectivity index (χ4n) is 2.04. The summed E-state index contributed by atoms with van der Waals surface area (Å²) in [6, 6.07) is 10.5. The summed E-state index contributed by atoms with van der Waals surface area (Å²) in [6.07, 6.45) is 0. The number of benzene rings is 2. The van der Waals surface area contributed by atoms with E-state index in [2.05, 4.69) is 21.2 Å². The van der Waals surface area contributed by atoms with Gasteiger partial charge in [-0.05, 0) is 41.1 Å². The minimum Gasteiger partial charge on any atom is -0.495 e. The van der Waals surface area contributed by atoms with Gasteiger partial charge in [0.15, 0.2) is 0 Å². The summed E-state index contributed by atoms with van der Waals surface area (Å²) in [5.41, 5.74) is 1.09. The molecular weight excluding hydrogens is 362 g/mol. The third-order valence-corrected chi connectivity index (χ3v) is 3.89. The van der Waals surface area contributed by atoms with Gasteiger partial charge in [-0.1, -0.05) is 6.07 Å². The zero-order chi connectivity index (χ0) is 16.8. The number of halogens is 1. The Morgan fingerprint density at radius 3 is 2.35 bits per heavy atom. The van der Waals surface area contributed by atoms with Crippen LogP contribution in [0.1, 0.15) is 17.3 Å². The molecule has 0 saturated carbocycles. The first kappa shape index (κ1) is 17.1. The lowest BCUT2D eigenvalue weighted by Gasteiger charge is -2.12. The highest BCUT2D eigenvalue weighted by Crippen LogP contribution is 2.37. The number of anilines is 1. The molecule has 0 aliphatic heterocycles. The number of methoxy groups -OCH3 is 2. The topological polar surface area (TPSA) is 56.8 Å². The van der Waals surface area contributed by atoms with Crippen molar-refractivity contribution >= 4 is 27.5 Å². The van der Waals surface area contributed by atoms with E-state index in [1.807, 2.05) is 13.0 Å². The van der Waals surface area contributed by atoms with Crippen molar-refractivity contribution in [2.75, 3.05) is 26.1 Å². The number of hydrogen-bond acceptors (Lipinski definition) is 4. The van der Waals surface area contributed by atoms with Crippen molar-refractivity contribution in [1.29, 1.82) is 0 Å².